The second-order valence-corrected chi connectivity index (χ2v) is 5.16. The van der Waals surface area contributed by atoms with Crippen molar-refractivity contribution in [2.24, 2.45) is 0 Å². The van der Waals surface area contributed by atoms with Crippen molar-refractivity contribution in [3.05, 3.63) is 23.8 Å². The predicted molar refractivity (Wildman–Crippen MR) is 81.8 cm³/mol. The molecule has 0 bridgehead atoms. The quantitative estimate of drug-likeness (QED) is 0.756. The third-order valence-corrected chi connectivity index (χ3v) is 3.54. The van der Waals surface area contributed by atoms with Crippen LogP contribution < -0.4 is 9.47 Å². The number of morpholine rings is 1. The van der Waals surface area contributed by atoms with E-state index in [9.17, 15) is 9.59 Å². The van der Waals surface area contributed by atoms with E-state index in [0.29, 0.717) is 25.4 Å². The number of benzene rings is 1. The Morgan fingerprint density at radius 2 is 2.13 bits per heavy atom. The molecule has 7 heteroatoms. The van der Waals surface area contributed by atoms with Gasteiger partial charge in [0.2, 0.25) is 0 Å². The van der Waals surface area contributed by atoms with E-state index in [1.54, 1.807) is 17.0 Å². The lowest BCUT2D eigenvalue weighted by Gasteiger charge is -2.31. The number of ether oxygens (including phenoxy) is 4. The van der Waals surface area contributed by atoms with Crippen LogP contribution in [0.4, 0.5) is 0 Å². The molecular formula is C16H21NO6. The summed E-state index contributed by atoms with van der Waals surface area (Å²) in [4.78, 5) is 25.7. The van der Waals surface area contributed by atoms with E-state index in [1.165, 1.54) is 20.3 Å². The Labute approximate surface area is 135 Å². The van der Waals surface area contributed by atoms with E-state index in [1.807, 2.05) is 6.92 Å². The smallest absolute Gasteiger partial charge is 0.341 e. The number of hydrogen-bond donors (Lipinski definition) is 0. The molecule has 1 heterocycles. The van der Waals surface area contributed by atoms with Crippen LogP contribution in [0.5, 0.6) is 11.5 Å². The van der Waals surface area contributed by atoms with E-state index in [-0.39, 0.29) is 29.9 Å². The van der Waals surface area contributed by atoms with Crippen LogP contribution in [0.2, 0.25) is 0 Å². The summed E-state index contributed by atoms with van der Waals surface area (Å²) in [5.41, 5.74) is 0.218. The SMILES string of the molecule is COC(=O)c1cc(OC)ccc1OCC(=O)N1CCO[C@H](C)C1. The molecule has 1 aromatic carbocycles. The van der Waals surface area contributed by atoms with Crippen molar-refractivity contribution in [3.8, 4) is 11.5 Å². The first-order valence-electron chi connectivity index (χ1n) is 7.33. The monoisotopic (exact) mass is 323 g/mol. The molecule has 0 aliphatic carbocycles. The van der Waals surface area contributed by atoms with Gasteiger partial charge in [0.15, 0.2) is 6.61 Å². The number of amides is 1. The van der Waals surface area contributed by atoms with Gasteiger partial charge in [-0.15, -0.1) is 0 Å². The predicted octanol–water partition coefficient (Wildman–Crippen LogP) is 1.11. The molecule has 0 radical (unpaired) electrons. The summed E-state index contributed by atoms with van der Waals surface area (Å²) in [7, 11) is 2.78. The molecule has 7 nitrogen and oxygen atoms in total. The van der Waals surface area contributed by atoms with E-state index in [0.717, 1.165) is 0 Å². The molecule has 0 saturated carbocycles. The Kier molecular flexibility index (Phi) is 5.81. The zero-order valence-corrected chi connectivity index (χ0v) is 13.5. The van der Waals surface area contributed by atoms with Gasteiger partial charge in [-0.3, -0.25) is 4.79 Å². The fraction of sp³-hybridized carbons (Fsp3) is 0.500. The lowest BCUT2D eigenvalue weighted by Crippen LogP contribution is -2.46. The standard InChI is InChI=1S/C16H21NO6/c1-11-9-17(6-7-22-11)15(18)10-23-14-5-4-12(20-2)8-13(14)16(19)21-3/h4-5,8,11H,6-7,9-10H2,1-3H3/t11-/m1/s1. The van der Waals surface area contributed by atoms with Crippen LogP contribution >= 0.6 is 0 Å². The minimum absolute atomic E-state index is 0.0133. The molecule has 1 amide bonds. The van der Waals surface area contributed by atoms with Gasteiger partial charge < -0.3 is 23.8 Å². The summed E-state index contributed by atoms with van der Waals surface area (Å²) in [6.45, 7) is 3.36. The van der Waals surface area contributed by atoms with E-state index in [2.05, 4.69) is 0 Å². The number of hydrogen-bond acceptors (Lipinski definition) is 6. The van der Waals surface area contributed by atoms with Gasteiger partial charge in [0.25, 0.3) is 5.91 Å². The normalized spacial score (nSPS) is 17.5. The molecule has 0 N–H and O–H groups in total. The first kappa shape index (κ1) is 17.1. The van der Waals surface area contributed by atoms with E-state index in [4.69, 9.17) is 18.9 Å². The van der Waals surface area contributed by atoms with Crippen LogP contribution in [-0.4, -0.2) is 63.4 Å². The van der Waals surface area contributed by atoms with E-state index < -0.39 is 5.97 Å². The molecule has 1 atom stereocenters. The Hall–Kier alpha value is -2.28. The molecule has 23 heavy (non-hydrogen) atoms. The zero-order chi connectivity index (χ0) is 16.8. The summed E-state index contributed by atoms with van der Waals surface area (Å²) >= 11 is 0. The average molecular weight is 323 g/mol. The van der Waals surface area contributed by atoms with E-state index >= 15 is 0 Å². The zero-order valence-electron chi connectivity index (χ0n) is 13.5. The van der Waals surface area contributed by atoms with Crippen LogP contribution in [0.15, 0.2) is 18.2 Å². The third kappa shape index (κ3) is 4.35. The lowest BCUT2D eigenvalue weighted by atomic mass is 10.2. The van der Waals surface area contributed by atoms with Crippen molar-refractivity contribution < 1.29 is 28.5 Å². The molecule has 1 fully saturated rings. The van der Waals surface area contributed by atoms with Gasteiger partial charge >= 0.3 is 5.97 Å². The topological polar surface area (TPSA) is 74.3 Å². The van der Waals surface area contributed by atoms with Gasteiger partial charge in [-0.25, -0.2) is 4.79 Å². The van der Waals surface area contributed by atoms with Crippen LogP contribution in [0.25, 0.3) is 0 Å². The fourth-order valence-electron chi connectivity index (χ4n) is 2.31. The van der Waals surface area contributed by atoms with Crippen molar-refractivity contribution in [3.63, 3.8) is 0 Å². The van der Waals surface area contributed by atoms with Gasteiger partial charge in [0.05, 0.1) is 26.9 Å². The maximum absolute atomic E-state index is 12.2. The van der Waals surface area contributed by atoms with Gasteiger partial charge in [0, 0.05) is 13.1 Å². The molecule has 0 unspecified atom stereocenters. The second-order valence-electron chi connectivity index (χ2n) is 5.16. The fourth-order valence-corrected chi connectivity index (χ4v) is 2.31. The van der Waals surface area contributed by atoms with Gasteiger partial charge in [0.1, 0.15) is 17.1 Å². The molecule has 1 aliphatic heterocycles. The van der Waals surface area contributed by atoms with Crippen LogP contribution in [0.3, 0.4) is 0 Å². The Bertz CT molecular complexity index is 574. The first-order valence-corrected chi connectivity index (χ1v) is 7.33. The lowest BCUT2D eigenvalue weighted by molar-refractivity contribution is -0.140. The highest BCUT2D eigenvalue weighted by atomic mass is 16.5. The van der Waals surface area contributed by atoms with Crippen LogP contribution in [-0.2, 0) is 14.3 Å². The van der Waals surface area contributed by atoms with Crippen molar-refractivity contribution in [2.75, 3.05) is 40.5 Å². The van der Waals surface area contributed by atoms with Crippen molar-refractivity contribution in [2.45, 2.75) is 13.0 Å². The summed E-state index contributed by atoms with van der Waals surface area (Å²) < 4.78 is 20.7. The Balaban J connectivity index is 2.04. The molecular weight excluding hydrogens is 302 g/mol. The van der Waals surface area contributed by atoms with Crippen LogP contribution in [0.1, 0.15) is 17.3 Å². The summed E-state index contributed by atoms with van der Waals surface area (Å²) in [5.74, 6) is 0.0940. The van der Waals surface area contributed by atoms with Crippen molar-refractivity contribution >= 4 is 11.9 Å². The highest BCUT2D eigenvalue weighted by molar-refractivity contribution is 5.93. The third-order valence-electron chi connectivity index (χ3n) is 3.54. The minimum Gasteiger partial charge on any atom is -0.497 e. The average Bonchev–Trinajstić information content (AvgIpc) is 2.58. The summed E-state index contributed by atoms with van der Waals surface area (Å²) in [6.07, 6.45) is 0.0133. The molecule has 0 aromatic heterocycles. The Morgan fingerprint density at radius 3 is 2.78 bits per heavy atom. The summed E-state index contributed by atoms with van der Waals surface area (Å²) in [6, 6.07) is 4.76. The molecule has 1 aliphatic rings. The first-order chi connectivity index (χ1) is 11.0. The summed E-state index contributed by atoms with van der Waals surface area (Å²) in [5, 5.41) is 0. The molecule has 126 valence electrons. The molecule has 1 aromatic rings. The number of nitrogens with zero attached hydrogens (tertiary/aromatic N) is 1. The number of esters is 1. The highest BCUT2D eigenvalue weighted by Crippen LogP contribution is 2.25. The maximum atomic E-state index is 12.2. The second kappa shape index (κ2) is 7.82. The van der Waals surface area contributed by atoms with Crippen LogP contribution in [0, 0.1) is 0 Å². The minimum atomic E-state index is -0.550. The van der Waals surface area contributed by atoms with Gasteiger partial charge in [-0.05, 0) is 25.1 Å². The van der Waals surface area contributed by atoms with Gasteiger partial charge in [-0.1, -0.05) is 0 Å². The van der Waals surface area contributed by atoms with Crippen molar-refractivity contribution in [1.29, 1.82) is 0 Å². The number of carbonyl (C=O) groups excluding carboxylic acids is 2. The van der Waals surface area contributed by atoms with Gasteiger partial charge in [-0.2, -0.15) is 0 Å². The van der Waals surface area contributed by atoms with Crippen molar-refractivity contribution in [1.82, 2.24) is 4.90 Å². The largest absolute Gasteiger partial charge is 0.497 e. The Morgan fingerprint density at radius 1 is 1.35 bits per heavy atom. The number of rotatable bonds is 5. The number of methoxy groups -OCH3 is 2. The molecule has 2 rings (SSSR count). The number of carbonyl (C=O) groups is 2. The molecule has 1 saturated heterocycles. The maximum Gasteiger partial charge on any atom is 0.341 e. The molecule has 0 spiro atoms. The highest BCUT2D eigenvalue weighted by Gasteiger charge is 2.22.